The van der Waals surface area contributed by atoms with Gasteiger partial charge in [0.05, 0.1) is 13.0 Å². The lowest BCUT2D eigenvalue weighted by Crippen LogP contribution is -2.15. The van der Waals surface area contributed by atoms with E-state index in [-0.39, 0.29) is 18.9 Å². The minimum atomic E-state index is -0.105. The average molecular weight is 421 g/mol. The van der Waals surface area contributed by atoms with Gasteiger partial charge in [-0.1, -0.05) is 31.1 Å². The molecule has 1 N–H and O–H groups in total. The summed E-state index contributed by atoms with van der Waals surface area (Å²) in [7, 11) is 0. The highest BCUT2D eigenvalue weighted by Crippen LogP contribution is 2.38. The van der Waals surface area contributed by atoms with Crippen molar-refractivity contribution in [2.75, 3.05) is 11.9 Å². The van der Waals surface area contributed by atoms with E-state index >= 15 is 0 Å². The Morgan fingerprint density at radius 2 is 1.74 bits per heavy atom. The van der Waals surface area contributed by atoms with Crippen LogP contribution in [-0.2, 0) is 11.4 Å². The second kappa shape index (κ2) is 9.64. The highest BCUT2D eigenvalue weighted by molar-refractivity contribution is 5.90. The van der Waals surface area contributed by atoms with Crippen LogP contribution in [0.5, 0.6) is 11.5 Å². The highest BCUT2D eigenvalue weighted by atomic mass is 16.5. The maximum absolute atomic E-state index is 12.2. The first-order valence-corrected chi connectivity index (χ1v) is 10.6. The molecule has 0 unspecified atom stereocenters. The summed E-state index contributed by atoms with van der Waals surface area (Å²) in [5.74, 6) is 3.49. The lowest BCUT2D eigenvalue weighted by molar-refractivity contribution is -0.116. The molecule has 1 amide bonds. The van der Waals surface area contributed by atoms with E-state index in [1.54, 1.807) is 24.3 Å². The van der Waals surface area contributed by atoms with Crippen LogP contribution in [0.2, 0.25) is 0 Å². The summed E-state index contributed by atoms with van der Waals surface area (Å²) in [5.41, 5.74) is 1.96. The second-order valence-corrected chi connectivity index (χ2v) is 8.01. The Bertz CT molecular complexity index is 992. The standard InChI is InChI=1S/C24H27N3O4/c1-16(2)17-5-9-20(10-6-17)29-14-13-23(28)25-19-7-11-21(12-8-19)30-15-22-26-24(31-27-22)18-3-4-18/h5-12,16,18H,3-4,13-15H2,1-2H3,(H,25,28). The van der Waals surface area contributed by atoms with E-state index in [0.717, 1.165) is 18.6 Å². The Morgan fingerprint density at radius 3 is 2.42 bits per heavy atom. The number of hydrogen-bond acceptors (Lipinski definition) is 6. The molecule has 1 aliphatic carbocycles. The summed E-state index contributed by atoms with van der Waals surface area (Å²) in [5, 5.41) is 6.79. The third-order valence-electron chi connectivity index (χ3n) is 5.06. The first kappa shape index (κ1) is 20.9. The fourth-order valence-electron chi connectivity index (χ4n) is 3.04. The number of ether oxygens (including phenoxy) is 2. The lowest BCUT2D eigenvalue weighted by atomic mass is 10.0. The van der Waals surface area contributed by atoms with Crippen molar-refractivity contribution in [2.24, 2.45) is 0 Å². The van der Waals surface area contributed by atoms with Gasteiger partial charge in [0.1, 0.15) is 11.5 Å². The average Bonchev–Trinajstić information content (AvgIpc) is 3.51. The molecule has 0 radical (unpaired) electrons. The van der Waals surface area contributed by atoms with Crippen LogP contribution < -0.4 is 14.8 Å². The Balaban J connectivity index is 1.17. The molecular formula is C24H27N3O4. The minimum Gasteiger partial charge on any atom is -0.493 e. The monoisotopic (exact) mass is 421 g/mol. The largest absolute Gasteiger partial charge is 0.493 e. The number of benzene rings is 2. The first-order valence-electron chi connectivity index (χ1n) is 10.6. The first-order chi connectivity index (χ1) is 15.1. The zero-order valence-electron chi connectivity index (χ0n) is 17.8. The molecule has 2 aromatic carbocycles. The summed E-state index contributed by atoms with van der Waals surface area (Å²) in [6, 6.07) is 15.2. The van der Waals surface area contributed by atoms with Gasteiger partial charge < -0.3 is 19.3 Å². The molecule has 31 heavy (non-hydrogen) atoms. The fourth-order valence-corrected chi connectivity index (χ4v) is 3.04. The van der Waals surface area contributed by atoms with Gasteiger partial charge in [0.25, 0.3) is 0 Å². The van der Waals surface area contributed by atoms with Crippen molar-refractivity contribution in [3.05, 3.63) is 65.8 Å². The minimum absolute atomic E-state index is 0.105. The second-order valence-electron chi connectivity index (χ2n) is 8.01. The van der Waals surface area contributed by atoms with Crippen LogP contribution in [0.3, 0.4) is 0 Å². The molecule has 1 fully saturated rings. The van der Waals surface area contributed by atoms with E-state index in [1.165, 1.54) is 5.56 Å². The highest BCUT2D eigenvalue weighted by Gasteiger charge is 2.29. The van der Waals surface area contributed by atoms with Crippen LogP contribution in [0.1, 0.15) is 62.2 Å². The Hall–Kier alpha value is -3.35. The van der Waals surface area contributed by atoms with Gasteiger partial charge in [-0.25, -0.2) is 0 Å². The summed E-state index contributed by atoms with van der Waals surface area (Å²) in [4.78, 5) is 16.5. The summed E-state index contributed by atoms with van der Waals surface area (Å²) < 4.78 is 16.6. The van der Waals surface area contributed by atoms with Gasteiger partial charge in [-0.3, -0.25) is 4.79 Å². The number of carbonyl (C=O) groups is 1. The molecule has 7 nitrogen and oxygen atoms in total. The quantitative estimate of drug-likeness (QED) is 0.493. The van der Waals surface area contributed by atoms with E-state index in [0.29, 0.717) is 41.6 Å². The fraction of sp³-hybridized carbons (Fsp3) is 0.375. The SMILES string of the molecule is CC(C)c1ccc(OCCC(=O)Nc2ccc(OCc3noc(C4CC4)n3)cc2)cc1. The summed E-state index contributed by atoms with van der Waals surface area (Å²) in [6.07, 6.45) is 2.51. The van der Waals surface area contributed by atoms with Crippen molar-refractivity contribution in [1.82, 2.24) is 10.1 Å². The molecule has 3 aromatic rings. The summed E-state index contributed by atoms with van der Waals surface area (Å²) in [6.45, 7) is 4.87. The molecule has 162 valence electrons. The Kier molecular flexibility index (Phi) is 6.50. The van der Waals surface area contributed by atoms with Gasteiger partial charge >= 0.3 is 0 Å². The molecule has 0 saturated heterocycles. The topological polar surface area (TPSA) is 86.5 Å². The molecule has 1 saturated carbocycles. The van der Waals surface area contributed by atoms with E-state index in [2.05, 4.69) is 41.4 Å². The van der Waals surface area contributed by atoms with Crippen molar-refractivity contribution >= 4 is 11.6 Å². The normalized spacial score (nSPS) is 13.3. The zero-order valence-corrected chi connectivity index (χ0v) is 17.8. The molecule has 0 bridgehead atoms. The van der Waals surface area contributed by atoms with Gasteiger partial charge in [0, 0.05) is 11.6 Å². The van der Waals surface area contributed by atoms with Crippen LogP contribution in [-0.4, -0.2) is 22.7 Å². The van der Waals surface area contributed by atoms with E-state index in [4.69, 9.17) is 14.0 Å². The third kappa shape index (κ3) is 6.07. The van der Waals surface area contributed by atoms with Crippen LogP contribution in [0, 0.1) is 0 Å². The van der Waals surface area contributed by atoms with Gasteiger partial charge in [-0.05, 0) is 60.7 Å². The van der Waals surface area contributed by atoms with Gasteiger partial charge in [-0.15, -0.1) is 0 Å². The van der Waals surface area contributed by atoms with Crippen molar-refractivity contribution in [2.45, 2.75) is 51.6 Å². The van der Waals surface area contributed by atoms with Gasteiger partial charge in [0.15, 0.2) is 6.61 Å². The Labute approximate surface area is 181 Å². The number of carbonyl (C=O) groups excluding carboxylic acids is 1. The molecule has 4 rings (SSSR count). The van der Waals surface area contributed by atoms with Crippen LogP contribution in [0.4, 0.5) is 5.69 Å². The van der Waals surface area contributed by atoms with Crippen molar-refractivity contribution in [3.8, 4) is 11.5 Å². The number of nitrogens with zero attached hydrogens (tertiary/aromatic N) is 2. The number of amides is 1. The predicted octanol–water partition coefficient (Wildman–Crippen LogP) is 5.06. The third-order valence-corrected chi connectivity index (χ3v) is 5.06. The summed E-state index contributed by atoms with van der Waals surface area (Å²) >= 11 is 0. The van der Waals surface area contributed by atoms with E-state index in [9.17, 15) is 4.79 Å². The molecule has 1 heterocycles. The van der Waals surface area contributed by atoms with Crippen molar-refractivity contribution in [3.63, 3.8) is 0 Å². The Morgan fingerprint density at radius 1 is 1.06 bits per heavy atom. The maximum Gasteiger partial charge on any atom is 0.229 e. The molecule has 0 aliphatic heterocycles. The van der Waals surface area contributed by atoms with Crippen LogP contribution in [0.25, 0.3) is 0 Å². The molecule has 1 aromatic heterocycles. The molecular weight excluding hydrogens is 394 g/mol. The predicted molar refractivity (Wildman–Crippen MR) is 116 cm³/mol. The van der Waals surface area contributed by atoms with Gasteiger partial charge in [0.2, 0.25) is 17.6 Å². The van der Waals surface area contributed by atoms with E-state index < -0.39 is 0 Å². The smallest absolute Gasteiger partial charge is 0.229 e. The van der Waals surface area contributed by atoms with E-state index in [1.807, 2.05) is 12.1 Å². The number of nitrogens with one attached hydrogen (secondary N) is 1. The number of anilines is 1. The van der Waals surface area contributed by atoms with Gasteiger partial charge in [-0.2, -0.15) is 4.98 Å². The molecule has 0 spiro atoms. The molecule has 7 heteroatoms. The molecule has 1 aliphatic rings. The van der Waals surface area contributed by atoms with Crippen molar-refractivity contribution in [1.29, 1.82) is 0 Å². The van der Waals surface area contributed by atoms with Crippen molar-refractivity contribution < 1.29 is 18.8 Å². The van der Waals surface area contributed by atoms with Crippen LogP contribution in [0.15, 0.2) is 53.1 Å². The maximum atomic E-state index is 12.2. The zero-order chi connectivity index (χ0) is 21.6. The number of hydrogen-bond donors (Lipinski definition) is 1. The lowest BCUT2D eigenvalue weighted by Gasteiger charge is -2.10. The molecule has 0 atom stereocenters. The van der Waals surface area contributed by atoms with Crippen LogP contribution >= 0.6 is 0 Å². The number of rotatable bonds is 10. The number of aromatic nitrogens is 2.